The van der Waals surface area contributed by atoms with Gasteiger partial charge in [0.15, 0.2) is 5.96 Å². The topological polar surface area (TPSA) is 39.7 Å². The molecule has 0 aliphatic heterocycles. The first-order valence-corrected chi connectivity index (χ1v) is 8.42. The Bertz CT molecular complexity index is 671. The number of anilines is 1. The molecule has 2 N–H and O–H groups in total. The second kappa shape index (κ2) is 11.2. The van der Waals surface area contributed by atoms with Crippen LogP contribution in [0.1, 0.15) is 11.1 Å². The molecule has 0 heterocycles. The highest BCUT2D eigenvalue weighted by atomic mass is 127. The van der Waals surface area contributed by atoms with Crippen molar-refractivity contribution in [3.05, 3.63) is 64.7 Å². The van der Waals surface area contributed by atoms with Gasteiger partial charge in [-0.05, 0) is 35.7 Å². The molecule has 4 nitrogen and oxygen atoms in total. The molecule has 0 fully saturated rings. The Morgan fingerprint density at radius 2 is 1.72 bits per heavy atom. The number of halogens is 2. The van der Waals surface area contributed by atoms with Crippen LogP contribution in [0.4, 0.5) is 5.69 Å². The fourth-order valence-corrected chi connectivity index (χ4v) is 2.57. The maximum absolute atomic E-state index is 6.17. The lowest BCUT2D eigenvalue weighted by Gasteiger charge is -2.14. The van der Waals surface area contributed by atoms with Crippen molar-refractivity contribution in [3.8, 4) is 0 Å². The Morgan fingerprint density at radius 1 is 1.04 bits per heavy atom. The van der Waals surface area contributed by atoms with Crippen molar-refractivity contribution in [1.82, 2.24) is 10.6 Å². The zero-order valence-corrected chi connectivity index (χ0v) is 18.0. The Balaban J connectivity index is 0.00000312. The first-order valence-electron chi connectivity index (χ1n) is 8.04. The normalized spacial score (nSPS) is 10.8. The van der Waals surface area contributed by atoms with Gasteiger partial charge in [0.1, 0.15) is 0 Å². The fourth-order valence-electron chi connectivity index (χ4n) is 2.34. The first kappa shape index (κ1) is 21.6. The molecule has 0 atom stereocenters. The number of hydrogen-bond donors (Lipinski definition) is 2. The summed E-state index contributed by atoms with van der Waals surface area (Å²) in [6, 6.07) is 16.4. The van der Waals surface area contributed by atoms with Gasteiger partial charge in [-0.25, -0.2) is 0 Å². The number of aliphatic imine (C=N–C) groups is 1. The van der Waals surface area contributed by atoms with Crippen LogP contribution in [0.25, 0.3) is 0 Å². The van der Waals surface area contributed by atoms with Crippen LogP contribution < -0.4 is 15.5 Å². The van der Waals surface area contributed by atoms with Gasteiger partial charge in [0.25, 0.3) is 0 Å². The van der Waals surface area contributed by atoms with Crippen LogP contribution in [0.3, 0.4) is 0 Å². The molecule has 0 saturated carbocycles. The van der Waals surface area contributed by atoms with Crippen LogP contribution in [-0.2, 0) is 13.0 Å². The van der Waals surface area contributed by atoms with E-state index in [1.54, 1.807) is 7.05 Å². The second-order valence-corrected chi connectivity index (χ2v) is 6.16. The van der Waals surface area contributed by atoms with E-state index in [9.17, 15) is 0 Å². The van der Waals surface area contributed by atoms with E-state index in [4.69, 9.17) is 11.6 Å². The van der Waals surface area contributed by atoms with Crippen molar-refractivity contribution in [1.29, 1.82) is 0 Å². The molecule has 0 spiro atoms. The van der Waals surface area contributed by atoms with Gasteiger partial charge in [-0.15, -0.1) is 24.0 Å². The SMILES string of the molecule is CN=C(NCCc1ccccc1Cl)NCc1ccc(N(C)C)cc1.I. The van der Waals surface area contributed by atoms with Crippen LogP contribution in [-0.4, -0.2) is 33.6 Å². The van der Waals surface area contributed by atoms with E-state index in [1.165, 1.54) is 11.3 Å². The summed E-state index contributed by atoms with van der Waals surface area (Å²) in [5, 5.41) is 7.45. The van der Waals surface area contributed by atoms with Gasteiger partial charge in [0.2, 0.25) is 0 Å². The van der Waals surface area contributed by atoms with Gasteiger partial charge < -0.3 is 15.5 Å². The van der Waals surface area contributed by atoms with E-state index >= 15 is 0 Å². The van der Waals surface area contributed by atoms with Crippen molar-refractivity contribution >= 4 is 47.2 Å². The third-order valence-corrected chi connectivity index (χ3v) is 4.15. The van der Waals surface area contributed by atoms with E-state index in [2.05, 4.69) is 44.8 Å². The molecule has 0 unspecified atom stereocenters. The average Bonchev–Trinajstić information content (AvgIpc) is 2.59. The summed E-state index contributed by atoms with van der Waals surface area (Å²) >= 11 is 6.17. The maximum Gasteiger partial charge on any atom is 0.191 e. The van der Waals surface area contributed by atoms with Gasteiger partial charge in [0, 0.05) is 44.9 Å². The number of benzene rings is 2. The third-order valence-electron chi connectivity index (χ3n) is 3.78. The van der Waals surface area contributed by atoms with Gasteiger partial charge >= 0.3 is 0 Å². The molecule has 6 heteroatoms. The molecule has 0 aliphatic rings. The Morgan fingerprint density at radius 3 is 2.32 bits per heavy atom. The van der Waals surface area contributed by atoms with Crippen molar-refractivity contribution in [2.75, 3.05) is 32.6 Å². The Hall–Kier alpha value is -1.47. The van der Waals surface area contributed by atoms with E-state index < -0.39 is 0 Å². The van der Waals surface area contributed by atoms with Crippen molar-refractivity contribution in [2.24, 2.45) is 4.99 Å². The lowest BCUT2D eigenvalue weighted by Crippen LogP contribution is -2.37. The van der Waals surface area contributed by atoms with Crippen LogP contribution in [0.2, 0.25) is 5.02 Å². The summed E-state index contributed by atoms with van der Waals surface area (Å²) in [4.78, 5) is 6.35. The molecular weight excluding hydrogens is 447 g/mol. The van der Waals surface area contributed by atoms with E-state index in [1.807, 2.05) is 38.4 Å². The van der Waals surface area contributed by atoms with Crippen molar-refractivity contribution in [2.45, 2.75) is 13.0 Å². The van der Waals surface area contributed by atoms with Crippen LogP contribution in [0.5, 0.6) is 0 Å². The maximum atomic E-state index is 6.17. The molecule has 0 saturated heterocycles. The fraction of sp³-hybridized carbons (Fsp3) is 0.316. The minimum absolute atomic E-state index is 0. The van der Waals surface area contributed by atoms with E-state index in [0.29, 0.717) is 0 Å². The molecule has 0 radical (unpaired) electrons. The molecule has 136 valence electrons. The highest BCUT2D eigenvalue weighted by Crippen LogP contribution is 2.15. The van der Waals surface area contributed by atoms with Gasteiger partial charge in [-0.3, -0.25) is 4.99 Å². The summed E-state index contributed by atoms with van der Waals surface area (Å²) in [5.74, 6) is 0.790. The number of nitrogens with zero attached hydrogens (tertiary/aromatic N) is 2. The molecule has 0 aromatic heterocycles. The Kier molecular flexibility index (Phi) is 9.67. The lowest BCUT2D eigenvalue weighted by atomic mass is 10.1. The van der Waals surface area contributed by atoms with E-state index in [-0.39, 0.29) is 24.0 Å². The Labute approximate surface area is 172 Å². The highest BCUT2D eigenvalue weighted by Gasteiger charge is 2.02. The van der Waals surface area contributed by atoms with Crippen LogP contribution >= 0.6 is 35.6 Å². The highest BCUT2D eigenvalue weighted by molar-refractivity contribution is 14.0. The molecule has 25 heavy (non-hydrogen) atoms. The monoisotopic (exact) mass is 472 g/mol. The number of rotatable bonds is 6. The molecular formula is C19H26ClIN4. The summed E-state index contributed by atoms with van der Waals surface area (Å²) in [6.07, 6.45) is 0.859. The summed E-state index contributed by atoms with van der Waals surface area (Å²) in [5.41, 5.74) is 3.55. The molecule has 0 bridgehead atoms. The average molecular weight is 473 g/mol. The van der Waals surface area contributed by atoms with Gasteiger partial charge in [-0.2, -0.15) is 0 Å². The molecule has 2 rings (SSSR count). The largest absolute Gasteiger partial charge is 0.378 e. The minimum atomic E-state index is 0. The van der Waals surface area contributed by atoms with Gasteiger partial charge in [0.05, 0.1) is 0 Å². The van der Waals surface area contributed by atoms with Crippen LogP contribution in [0, 0.1) is 0 Å². The van der Waals surface area contributed by atoms with Crippen molar-refractivity contribution < 1.29 is 0 Å². The summed E-state index contributed by atoms with van der Waals surface area (Å²) in [6.45, 7) is 1.52. The molecule has 2 aromatic carbocycles. The number of guanidine groups is 1. The number of nitrogens with one attached hydrogen (secondary N) is 2. The van der Waals surface area contributed by atoms with Crippen molar-refractivity contribution in [3.63, 3.8) is 0 Å². The smallest absolute Gasteiger partial charge is 0.191 e. The second-order valence-electron chi connectivity index (χ2n) is 5.75. The predicted molar refractivity (Wildman–Crippen MR) is 120 cm³/mol. The predicted octanol–water partition coefficient (Wildman–Crippen LogP) is 3.93. The summed E-state index contributed by atoms with van der Waals surface area (Å²) in [7, 11) is 5.86. The quantitative estimate of drug-likeness (QED) is 0.380. The van der Waals surface area contributed by atoms with E-state index in [0.717, 1.165) is 36.1 Å². The summed E-state index contributed by atoms with van der Waals surface area (Å²) < 4.78 is 0. The minimum Gasteiger partial charge on any atom is -0.378 e. The molecule has 2 aromatic rings. The molecule has 0 aliphatic carbocycles. The molecule has 0 amide bonds. The number of hydrogen-bond acceptors (Lipinski definition) is 2. The first-order chi connectivity index (χ1) is 11.6. The standard InChI is InChI=1S/C19H25ClN4.HI/c1-21-19(22-13-12-16-6-4-5-7-18(16)20)23-14-15-8-10-17(11-9-15)24(2)3;/h4-11H,12-14H2,1-3H3,(H2,21,22,23);1H. The zero-order valence-electron chi connectivity index (χ0n) is 14.9. The van der Waals surface area contributed by atoms with Gasteiger partial charge in [-0.1, -0.05) is 41.9 Å². The zero-order chi connectivity index (χ0) is 17.4. The lowest BCUT2D eigenvalue weighted by molar-refractivity contribution is 0.794. The third kappa shape index (κ3) is 7.12. The van der Waals surface area contributed by atoms with Crippen LogP contribution in [0.15, 0.2) is 53.5 Å².